The molecule has 1 aliphatic heterocycles. The Kier molecular flexibility index (Phi) is 5.70. The lowest BCUT2D eigenvalue weighted by Crippen LogP contribution is -2.48. The van der Waals surface area contributed by atoms with Crippen molar-refractivity contribution in [3.8, 4) is 0 Å². The highest BCUT2D eigenvalue weighted by atomic mass is 16.2. The fraction of sp³-hybridized carbons (Fsp3) is 0.818. The molecule has 1 rings (SSSR count). The van der Waals surface area contributed by atoms with E-state index in [-0.39, 0.29) is 12.1 Å². The Labute approximate surface area is 108 Å². The maximum atomic E-state index is 11.2. The monoisotopic (exact) mass is 257 g/mol. The number of nitrogens with one attached hydrogen (secondary N) is 2. The van der Waals surface area contributed by atoms with E-state index in [1.807, 2.05) is 0 Å². The first-order valence-electron chi connectivity index (χ1n) is 6.23. The number of carbonyl (C=O) groups excluding carboxylic acids is 2. The molecule has 4 N–H and O–H groups in total. The van der Waals surface area contributed by atoms with Crippen LogP contribution in [0, 0.1) is 0 Å². The van der Waals surface area contributed by atoms with Crippen molar-refractivity contribution in [2.45, 2.75) is 18.9 Å². The van der Waals surface area contributed by atoms with Crippen molar-refractivity contribution in [2.24, 2.45) is 5.73 Å². The Hall–Kier alpha value is -1.50. The predicted octanol–water partition coefficient (Wildman–Crippen LogP) is -0.610. The summed E-state index contributed by atoms with van der Waals surface area (Å²) in [5.41, 5.74) is 5.21. The normalized spacial score (nSPS) is 16.4. The molecule has 1 heterocycles. The summed E-state index contributed by atoms with van der Waals surface area (Å²) < 4.78 is 0. The molecule has 0 aromatic rings. The van der Waals surface area contributed by atoms with Crippen molar-refractivity contribution < 1.29 is 9.59 Å². The number of urea groups is 2. The number of likely N-dealkylation sites (tertiary alicyclic amines) is 1. The fourth-order valence-electron chi connectivity index (χ4n) is 1.91. The standard InChI is InChI=1S/C11H23N5O2/c1-15(2)11(18)14-6-5-13-9-3-7-16(8-4-9)10(12)17/h9,13H,3-8H2,1-2H3,(H2,12,17)(H,14,18). The lowest BCUT2D eigenvalue weighted by atomic mass is 10.1. The SMILES string of the molecule is CN(C)C(=O)NCCNC1CCN(C(N)=O)CC1. The highest BCUT2D eigenvalue weighted by Gasteiger charge is 2.20. The zero-order valence-corrected chi connectivity index (χ0v) is 11.1. The zero-order valence-electron chi connectivity index (χ0n) is 11.1. The largest absolute Gasteiger partial charge is 0.351 e. The number of nitrogens with two attached hydrogens (primary N) is 1. The van der Waals surface area contributed by atoms with E-state index in [4.69, 9.17) is 5.73 Å². The Morgan fingerprint density at radius 1 is 1.28 bits per heavy atom. The fourth-order valence-corrected chi connectivity index (χ4v) is 1.91. The van der Waals surface area contributed by atoms with Gasteiger partial charge in [0.2, 0.25) is 0 Å². The van der Waals surface area contributed by atoms with Crippen LogP contribution in [0.3, 0.4) is 0 Å². The molecule has 0 saturated carbocycles. The molecule has 0 atom stereocenters. The van der Waals surface area contributed by atoms with Gasteiger partial charge in [0.1, 0.15) is 0 Å². The summed E-state index contributed by atoms with van der Waals surface area (Å²) in [6, 6.07) is -0.0242. The smallest absolute Gasteiger partial charge is 0.316 e. The molecule has 104 valence electrons. The van der Waals surface area contributed by atoms with Gasteiger partial charge in [-0.3, -0.25) is 0 Å². The zero-order chi connectivity index (χ0) is 13.5. The van der Waals surface area contributed by atoms with Gasteiger partial charge in [-0.1, -0.05) is 0 Å². The van der Waals surface area contributed by atoms with Gasteiger partial charge in [0.25, 0.3) is 0 Å². The highest BCUT2D eigenvalue weighted by molar-refractivity contribution is 5.73. The van der Waals surface area contributed by atoms with Crippen LogP contribution in [-0.4, -0.2) is 68.2 Å². The van der Waals surface area contributed by atoms with E-state index in [0.717, 1.165) is 19.4 Å². The second kappa shape index (κ2) is 7.05. The molecule has 0 aliphatic carbocycles. The Morgan fingerprint density at radius 3 is 2.39 bits per heavy atom. The first-order valence-corrected chi connectivity index (χ1v) is 6.23. The van der Waals surface area contributed by atoms with Crippen LogP contribution in [0.1, 0.15) is 12.8 Å². The number of nitrogens with zero attached hydrogens (tertiary/aromatic N) is 2. The van der Waals surface area contributed by atoms with E-state index in [0.29, 0.717) is 25.7 Å². The summed E-state index contributed by atoms with van der Waals surface area (Å²) in [6.45, 7) is 2.75. The van der Waals surface area contributed by atoms with Gasteiger partial charge in [-0.25, -0.2) is 9.59 Å². The van der Waals surface area contributed by atoms with Gasteiger partial charge >= 0.3 is 12.1 Å². The molecule has 0 aromatic heterocycles. The third-order valence-electron chi connectivity index (χ3n) is 3.05. The van der Waals surface area contributed by atoms with Gasteiger partial charge in [0.05, 0.1) is 0 Å². The van der Waals surface area contributed by atoms with Crippen LogP contribution >= 0.6 is 0 Å². The quantitative estimate of drug-likeness (QED) is 0.587. The van der Waals surface area contributed by atoms with E-state index >= 15 is 0 Å². The van der Waals surface area contributed by atoms with Crippen molar-refractivity contribution in [3.05, 3.63) is 0 Å². The second-order valence-electron chi connectivity index (χ2n) is 4.68. The van der Waals surface area contributed by atoms with Gasteiger partial charge in [-0.15, -0.1) is 0 Å². The lowest BCUT2D eigenvalue weighted by molar-refractivity contribution is 0.185. The van der Waals surface area contributed by atoms with Crippen LogP contribution in [0.4, 0.5) is 9.59 Å². The summed E-state index contributed by atoms with van der Waals surface area (Å²) in [6.07, 6.45) is 1.81. The molecule has 1 aliphatic rings. The van der Waals surface area contributed by atoms with Gasteiger partial charge < -0.3 is 26.2 Å². The Balaban J connectivity index is 2.08. The van der Waals surface area contributed by atoms with Gasteiger partial charge in [0, 0.05) is 46.3 Å². The molecular weight excluding hydrogens is 234 g/mol. The number of hydrogen-bond acceptors (Lipinski definition) is 3. The molecule has 4 amide bonds. The average molecular weight is 257 g/mol. The van der Waals surface area contributed by atoms with Crippen molar-refractivity contribution >= 4 is 12.1 Å². The maximum absolute atomic E-state index is 11.2. The molecule has 7 nitrogen and oxygen atoms in total. The van der Waals surface area contributed by atoms with E-state index in [2.05, 4.69) is 10.6 Å². The second-order valence-corrected chi connectivity index (χ2v) is 4.68. The van der Waals surface area contributed by atoms with Crippen LogP contribution in [0.5, 0.6) is 0 Å². The number of carbonyl (C=O) groups is 2. The van der Waals surface area contributed by atoms with E-state index in [1.54, 1.807) is 19.0 Å². The van der Waals surface area contributed by atoms with Crippen molar-refractivity contribution in [2.75, 3.05) is 40.3 Å². The van der Waals surface area contributed by atoms with Crippen molar-refractivity contribution in [1.82, 2.24) is 20.4 Å². The van der Waals surface area contributed by atoms with Crippen molar-refractivity contribution in [1.29, 1.82) is 0 Å². The molecular formula is C11H23N5O2. The van der Waals surface area contributed by atoms with Gasteiger partial charge in [0.15, 0.2) is 0 Å². The number of rotatable bonds is 4. The Bertz CT molecular complexity index is 287. The van der Waals surface area contributed by atoms with Crippen LogP contribution < -0.4 is 16.4 Å². The van der Waals surface area contributed by atoms with Gasteiger partial charge in [-0.05, 0) is 12.8 Å². The van der Waals surface area contributed by atoms with Crippen molar-refractivity contribution in [3.63, 3.8) is 0 Å². The minimum Gasteiger partial charge on any atom is -0.351 e. The number of primary amides is 1. The van der Waals surface area contributed by atoms with E-state index in [1.165, 1.54) is 4.90 Å². The summed E-state index contributed by atoms with van der Waals surface area (Å²) in [7, 11) is 3.42. The minimum absolute atomic E-state index is 0.0830. The molecule has 0 bridgehead atoms. The summed E-state index contributed by atoms with van der Waals surface area (Å²) in [5, 5.41) is 6.15. The molecule has 0 unspecified atom stereocenters. The predicted molar refractivity (Wildman–Crippen MR) is 69.3 cm³/mol. The summed E-state index contributed by atoms with van der Waals surface area (Å²) in [5.74, 6) is 0. The van der Waals surface area contributed by atoms with Crippen LogP contribution in [-0.2, 0) is 0 Å². The maximum Gasteiger partial charge on any atom is 0.316 e. The molecule has 0 aromatic carbocycles. The summed E-state index contributed by atoms with van der Waals surface area (Å²) >= 11 is 0. The lowest BCUT2D eigenvalue weighted by Gasteiger charge is -2.31. The number of piperidine rings is 1. The minimum atomic E-state index is -0.341. The third kappa shape index (κ3) is 4.79. The first-order chi connectivity index (χ1) is 8.50. The molecule has 1 fully saturated rings. The average Bonchev–Trinajstić information content (AvgIpc) is 2.34. The number of amides is 4. The first kappa shape index (κ1) is 14.6. The van der Waals surface area contributed by atoms with E-state index in [9.17, 15) is 9.59 Å². The third-order valence-corrected chi connectivity index (χ3v) is 3.05. The Morgan fingerprint density at radius 2 is 1.89 bits per heavy atom. The molecule has 1 saturated heterocycles. The van der Waals surface area contributed by atoms with Gasteiger partial charge in [-0.2, -0.15) is 0 Å². The topological polar surface area (TPSA) is 90.7 Å². The molecule has 0 radical (unpaired) electrons. The molecule has 7 heteroatoms. The van der Waals surface area contributed by atoms with E-state index < -0.39 is 0 Å². The van der Waals surface area contributed by atoms with Crippen LogP contribution in [0.2, 0.25) is 0 Å². The van der Waals surface area contributed by atoms with Crippen LogP contribution in [0.25, 0.3) is 0 Å². The molecule has 18 heavy (non-hydrogen) atoms. The molecule has 0 spiro atoms. The number of hydrogen-bond donors (Lipinski definition) is 3. The highest BCUT2D eigenvalue weighted by Crippen LogP contribution is 2.09. The summed E-state index contributed by atoms with van der Waals surface area (Å²) in [4.78, 5) is 25.3. The van der Waals surface area contributed by atoms with Crippen LogP contribution in [0.15, 0.2) is 0 Å².